The van der Waals surface area contributed by atoms with Crippen LogP contribution in [0.2, 0.25) is 10.2 Å². The van der Waals surface area contributed by atoms with Gasteiger partial charge in [-0.2, -0.15) is 0 Å². The third kappa shape index (κ3) is 3.13. The number of amides is 3. The fraction of sp³-hybridized carbons (Fsp3) is 0. The molecular weight excluding hydrogens is 401 g/mol. The Kier molecular flexibility index (Phi) is 4.58. The molecule has 1 aromatic heterocycles. The normalized spacial score (nSPS) is 12.9. The van der Waals surface area contributed by atoms with Gasteiger partial charge in [0.15, 0.2) is 0 Å². The maximum absolute atomic E-state index is 12.6. The van der Waals surface area contributed by atoms with Crippen molar-refractivity contribution in [2.24, 2.45) is 0 Å². The Morgan fingerprint density at radius 2 is 1.61 bits per heavy atom. The first-order valence-corrected chi connectivity index (χ1v) is 8.91. The number of carbonyl (C=O) groups is 3. The van der Waals surface area contributed by atoms with E-state index in [1.807, 2.05) is 0 Å². The minimum absolute atomic E-state index is 0.153. The first-order chi connectivity index (χ1) is 13.5. The number of nitrogens with one attached hydrogen (secondary N) is 1. The van der Waals surface area contributed by atoms with E-state index < -0.39 is 17.7 Å². The molecule has 0 aliphatic carbocycles. The fourth-order valence-corrected chi connectivity index (χ4v) is 3.36. The van der Waals surface area contributed by atoms with E-state index >= 15 is 0 Å². The molecule has 3 aromatic rings. The Labute approximate surface area is 169 Å². The van der Waals surface area contributed by atoms with E-state index in [1.165, 1.54) is 30.5 Å². The van der Waals surface area contributed by atoms with Crippen molar-refractivity contribution >= 4 is 52.3 Å². The van der Waals surface area contributed by atoms with Gasteiger partial charge in [-0.3, -0.25) is 14.4 Å². The van der Waals surface area contributed by atoms with Gasteiger partial charge in [-0.1, -0.05) is 35.3 Å². The summed E-state index contributed by atoms with van der Waals surface area (Å²) in [5, 5.41) is 3.04. The predicted molar refractivity (Wildman–Crippen MR) is 106 cm³/mol. The monoisotopic (exact) mass is 411 g/mol. The van der Waals surface area contributed by atoms with Crippen molar-refractivity contribution in [2.75, 3.05) is 10.2 Å². The number of anilines is 2. The zero-order valence-corrected chi connectivity index (χ0v) is 15.7. The number of carbonyl (C=O) groups excluding carboxylic acids is 3. The predicted octanol–water partition coefficient (Wildman–Crippen LogP) is 4.44. The van der Waals surface area contributed by atoms with Crippen LogP contribution in [0.4, 0.5) is 11.4 Å². The lowest BCUT2D eigenvalue weighted by atomic mass is 10.1. The SMILES string of the molecule is O=C(Nc1ccc(N2C(=O)c3ccccc3C2=O)c(Cl)c1)c1ccnc(Cl)c1. The van der Waals surface area contributed by atoms with Crippen molar-refractivity contribution in [3.05, 3.63) is 87.7 Å². The molecule has 2 heterocycles. The molecule has 1 aliphatic rings. The molecule has 1 aliphatic heterocycles. The van der Waals surface area contributed by atoms with E-state index in [0.29, 0.717) is 22.4 Å². The van der Waals surface area contributed by atoms with Crippen LogP contribution in [0.5, 0.6) is 0 Å². The number of benzene rings is 2. The Balaban J connectivity index is 1.60. The van der Waals surface area contributed by atoms with E-state index in [-0.39, 0.29) is 15.9 Å². The summed E-state index contributed by atoms with van der Waals surface area (Å²) in [6, 6.07) is 14.1. The van der Waals surface area contributed by atoms with Gasteiger partial charge in [0.1, 0.15) is 5.15 Å². The highest BCUT2D eigenvalue weighted by molar-refractivity contribution is 6.40. The second-order valence-electron chi connectivity index (χ2n) is 5.98. The molecule has 0 spiro atoms. The number of fused-ring (bicyclic) bond motifs is 1. The maximum Gasteiger partial charge on any atom is 0.266 e. The molecule has 3 amide bonds. The Bertz CT molecular complexity index is 1110. The number of pyridine rings is 1. The van der Waals surface area contributed by atoms with Crippen LogP contribution in [0.25, 0.3) is 0 Å². The largest absolute Gasteiger partial charge is 0.322 e. The topological polar surface area (TPSA) is 79.4 Å². The van der Waals surface area contributed by atoms with Crippen molar-refractivity contribution in [3.63, 3.8) is 0 Å². The lowest BCUT2D eigenvalue weighted by Crippen LogP contribution is -2.29. The van der Waals surface area contributed by atoms with Gasteiger partial charge in [-0.15, -0.1) is 0 Å². The van der Waals surface area contributed by atoms with Crippen LogP contribution in [0.15, 0.2) is 60.8 Å². The summed E-state index contributed by atoms with van der Waals surface area (Å²) >= 11 is 12.1. The van der Waals surface area contributed by atoms with Crippen LogP contribution in [0.1, 0.15) is 31.1 Å². The number of halogens is 2. The van der Waals surface area contributed by atoms with Gasteiger partial charge < -0.3 is 5.32 Å². The van der Waals surface area contributed by atoms with Gasteiger partial charge in [-0.25, -0.2) is 9.88 Å². The number of imide groups is 1. The summed E-state index contributed by atoms with van der Waals surface area (Å²) in [7, 11) is 0. The maximum atomic E-state index is 12.6. The van der Waals surface area contributed by atoms with E-state index in [2.05, 4.69) is 10.3 Å². The van der Waals surface area contributed by atoms with E-state index in [4.69, 9.17) is 23.2 Å². The van der Waals surface area contributed by atoms with Crippen molar-refractivity contribution in [1.82, 2.24) is 4.98 Å². The highest BCUT2D eigenvalue weighted by Gasteiger charge is 2.37. The number of aromatic nitrogens is 1. The van der Waals surface area contributed by atoms with Crippen LogP contribution >= 0.6 is 23.2 Å². The standard InChI is InChI=1S/C20H11Cl2N3O3/c21-15-10-12(24-18(26)11-7-8-23-17(22)9-11)5-6-16(15)25-19(27)13-3-1-2-4-14(13)20(25)28/h1-10H,(H,24,26). The molecule has 28 heavy (non-hydrogen) atoms. The van der Waals surface area contributed by atoms with Gasteiger partial charge in [-0.05, 0) is 42.5 Å². The molecule has 0 saturated carbocycles. The lowest BCUT2D eigenvalue weighted by Gasteiger charge is -2.16. The molecule has 0 bridgehead atoms. The van der Waals surface area contributed by atoms with Crippen molar-refractivity contribution in [1.29, 1.82) is 0 Å². The molecule has 8 heteroatoms. The quantitative estimate of drug-likeness (QED) is 0.510. The van der Waals surface area contributed by atoms with Crippen LogP contribution in [0, 0.1) is 0 Å². The molecule has 0 atom stereocenters. The average molecular weight is 412 g/mol. The summed E-state index contributed by atoms with van der Waals surface area (Å²) in [6.45, 7) is 0. The summed E-state index contributed by atoms with van der Waals surface area (Å²) in [4.78, 5) is 42.4. The summed E-state index contributed by atoms with van der Waals surface area (Å²) < 4.78 is 0. The Morgan fingerprint density at radius 3 is 2.21 bits per heavy atom. The average Bonchev–Trinajstić information content (AvgIpc) is 2.93. The molecule has 2 aromatic carbocycles. The summed E-state index contributed by atoms with van der Waals surface area (Å²) in [5.41, 5.74) is 1.65. The zero-order chi connectivity index (χ0) is 19.8. The first-order valence-electron chi connectivity index (χ1n) is 8.16. The third-order valence-electron chi connectivity index (χ3n) is 4.23. The minimum atomic E-state index is -0.439. The molecule has 0 unspecified atom stereocenters. The van der Waals surface area contributed by atoms with Crippen molar-refractivity contribution < 1.29 is 14.4 Å². The van der Waals surface area contributed by atoms with Crippen molar-refractivity contribution in [2.45, 2.75) is 0 Å². The molecule has 0 saturated heterocycles. The Hall–Kier alpha value is -3.22. The molecule has 1 N–H and O–H groups in total. The van der Waals surface area contributed by atoms with Gasteiger partial charge in [0.05, 0.1) is 21.8 Å². The summed E-state index contributed by atoms with van der Waals surface area (Å²) in [6.07, 6.45) is 1.43. The number of nitrogens with zero attached hydrogens (tertiary/aromatic N) is 2. The number of rotatable bonds is 3. The molecule has 0 radical (unpaired) electrons. The zero-order valence-electron chi connectivity index (χ0n) is 14.1. The molecule has 6 nitrogen and oxygen atoms in total. The number of hydrogen-bond donors (Lipinski definition) is 1. The highest BCUT2D eigenvalue weighted by Crippen LogP contribution is 2.34. The van der Waals surface area contributed by atoms with E-state index in [0.717, 1.165) is 4.90 Å². The first kappa shape index (κ1) is 18.2. The smallest absolute Gasteiger partial charge is 0.266 e. The van der Waals surface area contributed by atoms with Gasteiger partial charge in [0.25, 0.3) is 17.7 Å². The second-order valence-corrected chi connectivity index (χ2v) is 6.77. The Morgan fingerprint density at radius 1 is 0.929 bits per heavy atom. The van der Waals surface area contributed by atoms with Gasteiger partial charge in [0, 0.05) is 17.4 Å². The van der Waals surface area contributed by atoms with E-state index in [1.54, 1.807) is 30.3 Å². The molecule has 138 valence electrons. The minimum Gasteiger partial charge on any atom is -0.322 e. The van der Waals surface area contributed by atoms with Gasteiger partial charge in [0.2, 0.25) is 0 Å². The lowest BCUT2D eigenvalue weighted by molar-refractivity contribution is 0.0924. The van der Waals surface area contributed by atoms with Crippen LogP contribution in [-0.2, 0) is 0 Å². The van der Waals surface area contributed by atoms with Crippen LogP contribution in [-0.4, -0.2) is 22.7 Å². The number of hydrogen-bond acceptors (Lipinski definition) is 4. The molecule has 4 rings (SSSR count). The fourth-order valence-electron chi connectivity index (χ4n) is 2.92. The highest BCUT2D eigenvalue weighted by atomic mass is 35.5. The molecule has 0 fully saturated rings. The molecular formula is C20H11Cl2N3O3. The van der Waals surface area contributed by atoms with Gasteiger partial charge >= 0.3 is 0 Å². The second kappa shape index (κ2) is 7.07. The third-order valence-corrected chi connectivity index (χ3v) is 4.74. The van der Waals surface area contributed by atoms with Crippen LogP contribution in [0.3, 0.4) is 0 Å². The van der Waals surface area contributed by atoms with Crippen LogP contribution < -0.4 is 10.2 Å². The van der Waals surface area contributed by atoms with E-state index in [9.17, 15) is 14.4 Å². The van der Waals surface area contributed by atoms with Crippen molar-refractivity contribution in [3.8, 4) is 0 Å². The summed E-state index contributed by atoms with van der Waals surface area (Å²) in [5.74, 6) is -1.27.